The number of rotatable bonds is 8. The van der Waals surface area contributed by atoms with E-state index in [1.165, 1.54) is 13.2 Å². The van der Waals surface area contributed by atoms with Crippen molar-refractivity contribution in [2.45, 2.75) is 39.0 Å². The maximum absolute atomic E-state index is 13.5. The van der Waals surface area contributed by atoms with E-state index in [1.807, 2.05) is 6.92 Å². The van der Waals surface area contributed by atoms with Gasteiger partial charge in [0.05, 0.1) is 6.61 Å². The second-order valence-corrected chi connectivity index (χ2v) is 4.80. The van der Waals surface area contributed by atoms with Gasteiger partial charge in [0.1, 0.15) is 5.82 Å². The fourth-order valence-corrected chi connectivity index (χ4v) is 1.96. The molecule has 6 heteroatoms. The third-order valence-electron chi connectivity index (χ3n) is 3.17. The summed E-state index contributed by atoms with van der Waals surface area (Å²) in [5, 5.41) is 14.4. The predicted octanol–water partition coefficient (Wildman–Crippen LogP) is 1.93. The summed E-state index contributed by atoms with van der Waals surface area (Å²) in [6, 6.07) is 4.31. The quantitative estimate of drug-likeness (QED) is 0.687. The Hall–Kier alpha value is -1.66. The number of halogens is 1. The monoisotopic (exact) mass is 298 g/mol. The number of methoxy groups -OCH3 is 1. The van der Waals surface area contributed by atoms with Crippen molar-refractivity contribution in [1.82, 2.24) is 10.6 Å². The van der Waals surface area contributed by atoms with Gasteiger partial charge >= 0.3 is 6.03 Å². The van der Waals surface area contributed by atoms with E-state index in [1.54, 1.807) is 12.1 Å². The van der Waals surface area contributed by atoms with Crippen molar-refractivity contribution in [1.29, 1.82) is 0 Å². The summed E-state index contributed by atoms with van der Waals surface area (Å²) in [7, 11) is 1.50. The summed E-state index contributed by atoms with van der Waals surface area (Å²) < 4.78 is 18.4. The zero-order valence-corrected chi connectivity index (χ0v) is 12.5. The zero-order valence-electron chi connectivity index (χ0n) is 12.5. The molecule has 5 nitrogen and oxygen atoms in total. The van der Waals surface area contributed by atoms with Crippen molar-refractivity contribution in [3.05, 3.63) is 35.1 Å². The Morgan fingerprint density at radius 2 is 2.24 bits per heavy atom. The van der Waals surface area contributed by atoms with Gasteiger partial charge in [-0.1, -0.05) is 13.0 Å². The van der Waals surface area contributed by atoms with E-state index in [-0.39, 0.29) is 31.1 Å². The molecule has 0 heterocycles. The van der Waals surface area contributed by atoms with Gasteiger partial charge in [-0.2, -0.15) is 0 Å². The number of hydrogen-bond donors (Lipinski definition) is 3. The van der Waals surface area contributed by atoms with E-state index >= 15 is 0 Å². The van der Waals surface area contributed by atoms with Crippen LogP contribution in [0.25, 0.3) is 0 Å². The highest BCUT2D eigenvalue weighted by molar-refractivity contribution is 5.74. The van der Waals surface area contributed by atoms with Crippen LogP contribution in [0.3, 0.4) is 0 Å². The second kappa shape index (κ2) is 9.31. The van der Waals surface area contributed by atoms with Crippen molar-refractivity contribution >= 4 is 6.03 Å². The largest absolute Gasteiger partial charge is 0.396 e. The average molecular weight is 298 g/mol. The number of carbonyl (C=O) groups is 1. The van der Waals surface area contributed by atoms with Crippen LogP contribution < -0.4 is 10.6 Å². The number of ether oxygens (including phenoxy) is 1. The Bertz CT molecular complexity index is 455. The van der Waals surface area contributed by atoms with Crippen LogP contribution in [0.15, 0.2) is 18.2 Å². The van der Waals surface area contributed by atoms with Crippen LogP contribution in [0.4, 0.5) is 9.18 Å². The summed E-state index contributed by atoms with van der Waals surface area (Å²) >= 11 is 0. The molecule has 0 radical (unpaired) electrons. The molecular formula is C15H23FN2O3. The standard InChI is InChI=1S/C15H23FN2O3/c1-3-13(6-7-19)18-15(20)17-9-11-4-5-14(16)12(8-11)10-21-2/h4-5,8,13,19H,3,6-7,9-10H2,1-2H3,(H2,17,18,20). The summed E-state index contributed by atoms with van der Waals surface area (Å²) in [4.78, 5) is 11.7. The molecule has 2 amide bonds. The third-order valence-corrected chi connectivity index (χ3v) is 3.17. The van der Waals surface area contributed by atoms with E-state index in [0.717, 1.165) is 12.0 Å². The number of carbonyl (C=O) groups excluding carboxylic acids is 1. The van der Waals surface area contributed by atoms with Gasteiger partial charge in [-0.25, -0.2) is 9.18 Å². The molecule has 118 valence electrons. The van der Waals surface area contributed by atoms with Crippen molar-refractivity contribution in [3.8, 4) is 0 Å². The van der Waals surface area contributed by atoms with Crippen LogP contribution in [-0.4, -0.2) is 30.9 Å². The number of aliphatic hydroxyl groups excluding tert-OH is 1. The molecule has 0 fully saturated rings. The lowest BCUT2D eigenvalue weighted by molar-refractivity contribution is 0.181. The van der Waals surface area contributed by atoms with E-state index in [9.17, 15) is 9.18 Å². The fraction of sp³-hybridized carbons (Fsp3) is 0.533. The number of amides is 2. The molecule has 1 rings (SSSR count). The van der Waals surface area contributed by atoms with E-state index < -0.39 is 0 Å². The number of urea groups is 1. The first-order valence-corrected chi connectivity index (χ1v) is 7.02. The molecule has 3 N–H and O–H groups in total. The van der Waals surface area contributed by atoms with Crippen LogP contribution in [0.5, 0.6) is 0 Å². The van der Waals surface area contributed by atoms with Gasteiger partial charge in [-0.05, 0) is 30.5 Å². The van der Waals surface area contributed by atoms with E-state index in [2.05, 4.69) is 10.6 Å². The van der Waals surface area contributed by atoms with Gasteiger partial charge < -0.3 is 20.5 Å². The summed E-state index contributed by atoms with van der Waals surface area (Å²) in [6.45, 7) is 2.48. The number of benzene rings is 1. The molecule has 0 saturated carbocycles. The Kier molecular flexibility index (Phi) is 7.71. The molecule has 0 aliphatic heterocycles. The third kappa shape index (κ3) is 6.10. The molecule has 0 spiro atoms. The van der Waals surface area contributed by atoms with Crippen molar-refractivity contribution in [3.63, 3.8) is 0 Å². The zero-order chi connectivity index (χ0) is 15.7. The van der Waals surface area contributed by atoms with Crippen LogP contribution in [-0.2, 0) is 17.9 Å². The van der Waals surface area contributed by atoms with Crippen molar-refractivity contribution in [2.24, 2.45) is 0 Å². The topological polar surface area (TPSA) is 70.6 Å². The van der Waals surface area contributed by atoms with Crippen LogP contribution >= 0.6 is 0 Å². The van der Waals surface area contributed by atoms with Gasteiger partial charge in [0.25, 0.3) is 0 Å². The first kappa shape index (κ1) is 17.4. The molecule has 1 aromatic rings. The molecule has 21 heavy (non-hydrogen) atoms. The van der Waals surface area contributed by atoms with Gasteiger partial charge in [-0.3, -0.25) is 0 Å². The van der Waals surface area contributed by atoms with Gasteiger partial charge in [0.2, 0.25) is 0 Å². The van der Waals surface area contributed by atoms with Crippen molar-refractivity contribution < 1.29 is 19.0 Å². The minimum atomic E-state index is -0.320. The highest BCUT2D eigenvalue weighted by atomic mass is 19.1. The molecule has 0 aliphatic carbocycles. The lowest BCUT2D eigenvalue weighted by Crippen LogP contribution is -2.41. The smallest absolute Gasteiger partial charge is 0.315 e. The first-order valence-electron chi connectivity index (χ1n) is 7.02. The molecule has 0 aliphatic rings. The molecule has 0 aromatic heterocycles. The Morgan fingerprint density at radius 3 is 2.86 bits per heavy atom. The highest BCUT2D eigenvalue weighted by Gasteiger charge is 2.10. The SMILES string of the molecule is CCC(CCO)NC(=O)NCc1ccc(F)c(COC)c1. The molecule has 0 bridgehead atoms. The summed E-state index contributed by atoms with van der Waals surface area (Å²) in [6.07, 6.45) is 1.28. The van der Waals surface area contributed by atoms with Gasteiger partial charge in [0.15, 0.2) is 0 Å². The minimum Gasteiger partial charge on any atom is -0.396 e. The molecule has 1 unspecified atom stereocenters. The average Bonchev–Trinajstić information content (AvgIpc) is 2.47. The minimum absolute atomic E-state index is 0.0388. The number of hydrogen-bond acceptors (Lipinski definition) is 3. The Morgan fingerprint density at radius 1 is 1.48 bits per heavy atom. The fourth-order valence-electron chi connectivity index (χ4n) is 1.96. The van der Waals surface area contributed by atoms with E-state index in [0.29, 0.717) is 18.5 Å². The molecule has 1 aromatic carbocycles. The van der Waals surface area contributed by atoms with E-state index in [4.69, 9.17) is 9.84 Å². The van der Waals surface area contributed by atoms with Crippen LogP contribution in [0, 0.1) is 5.82 Å². The normalized spacial score (nSPS) is 12.0. The van der Waals surface area contributed by atoms with Gasteiger partial charge in [-0.15, -0.1) is 0 Å². The predicted molar refractivity (Wildman–Crippen MR) is 78.3 cm³/mol. The Labute approximate surface area is 124 Å². The van der Waals surface area contributed by atoms with Crippen molar-refractivity contribution in [2.75, 3.05) is 13.7 Å². The lowest BCUT2D eigenvalue weighted by Gasteiger charge is -2.16. The van der Waals surface area contributed by atoms with Crippen LogP contribution in [0.1, 0.15) is 30.9 Å². The van der Waals surface area contributed by atoms with Crippen LogP contribution in [0.2, 0.25) is 0 Å². The number of aliphatic hydroxyl groups is 1. The van der Waals surface area contributed by atoms with Gasteiger partial charge in [0, 0.05) is 31.9 Å². The first-order chi connectivity index (χ1) is 10.1. The Balaban J connectivity index is 2.50. The highest BCUT2D eigenvalue weighted by Crippen LogP contribution is 2.11. The number of nitrogens with one attached hydrogen (secondary N) is 2. The second-order valence-electron chi connectivity index (χ2n) is 4.80. The lowest BCUT2D eigenvalue weighted by atomic mass is 10.1. The molecule has 1 atom stereocenters. The molecule has 0 saturated heterocycles. The summed E-state index contributed by atoms with van der Waals surface area (Å²) in [5.41, 5.74) is 1.26. The summed E-state index contributed by atoms with van der Waals surface area (Å²) in [5.74, 6) is -0.320. The maximum atomic E-state index is 13.5. The molecular weight excluding hydrogens is 275 g/mol. The maximum Gasteiger partial charge on any atom is 0.315 e.